The number of nitrogens with one attached hydrogen (secondary N) is 1. The Labute approximate surface area is 85.4 Å². The SMILES string of the molecule is CCC(NN)c1cccc(Br)c1F. The summed E-state index contributed by atoms with van der Waals surface area (Å²) in [5, 5.41) is 0. The fourth-order valence-electron chi connectivity index (χ4n) is 1.22. The van der Waals surface area contributed by atoms with Gasteiger partial charge in [-0.15, -0.1) is 0 Å². The molecule has 1 aromatic carbocycles. The van der Waals surface area contributed by atoms with Crippen LogP contribution in [-0.2, 0) is 0 Å². The van der Waals surface area contributed by atoms with Crippen molar-refractivity contribution in [3.63, 3.8) is 0 Å². The van der Waals surface area contributed by atoms with Gasteiger partial charge in [0.15, 0.2) is 0 Å². The number of hydrogen-bond acceptors (Lipinski definition) is 2. The summed E-state index contributed by atoms with van der Waals surface area (Å²) in [7, 11) is 0. The molecule has 0 spiro atoms. The van der Waals surface area contributed by atoms with Crippen LogP contribution in [0.2, 0.25) is 0 Å². The van der Waals surface area contributed by atoms with E-state index in [4.69, 9.17) is 5.84 Å². The Bertz CT molecular complexity index is 287. The van der Waals surface area contributed by atoms with E-state index >= 15 is 0 Å². The molecule has 0 radical (unpaired) electrons. The Kier molecular flexibility index (Phi) is 3.84. The molecule has 0 amide bonds. The van der Waals surface area contributed by atoms with Gasteiger partial charge in [0, 0.05) is 11.6 Å². The van der Waals surface area contributed by atoms with Crippen LogP contribution >= 0.6 is 15.9 Å². The zero-order valence-electron chi connectivity index (χ0n) is 7.35. The fraction of sp³-hybridized carbons (Fsp3) is 0.333. The van der Waals surface area contributed by atoms with Gasteiger partial charge >= 0.3 is 0 Å². The maximum atomic E-state index is 13.5. The number of hydrogen-bond donors (Lipinski definition) is 2. The van der Waals surface area contributed by atoms with Crippen molar-refractivity contribution < 1.29 is 4.39 Å². The van der Waals surface area contributed by atoms with Crippen LogP contribution < -0.4 is 11.3 Å². The van der Waals surface area contributed by atoms with E-state index < -0.39 is 0 Å². The highest BCUT2D eigenvalue weighted by Gasteiger charge is 2.13. The van der Waals surface area contributed by atoms with Crippen molar-refractivity contribution in [1.29, 1.82) is 0 Å². The molecule has 1 aromatic rings. The molecule has 4 heteroatoms. The van der Waals surface area contributed by atoms with Gasteiger partial charge in [0.1, 0.15) is 5.82 Å². The molecule has 1 rings (SSSR count). The van der Waals surface area contributed by atoms with Crippen molar-refractivity contribution in [3.8, 4) is 0 Å². The number of rotatable bonds is 3. The molecule has 0 heterocycles. The minimum absolute atomic E-state index is 0.127. The predicted octanol–water partition coefficient (Wildman–Crippen LogP) is 2.50. The molecule has 0 saturated carbocycles. The van der Waals surface area contributed by atoms with Crippen LogP contribution in [0.25, 0.3) is 0 Å². The summed E-state index contributed by atoms with van der Waals surface area (Å²) in [6.45, 7) is 1.95. The molecule has 0 aliphatic carbocycles. The molecule has 0 bridgehead atoms. The second-order valence-corrected chi connectivity index (χ2v) is 3.62. The molecule has 0 aliphatic rings. The molecular weight excluding hydrogens is 235 g/mol. The molecule has 72 valence electrons. The Morgan fingerprint density at radius 2 is 2.31 bits per heavy atom. The topological polar surface area (TPSA) is 38.0 Å². The first kappa shape index (κ1) is 10.6. The highest BCUT2D eigenvalue weighted by atomic mass is 79.9. The van der Waals surface area contributed by atoms with Crippen LogP contribution in [0, 0.1) is 5.82 Å². The number of nitrogens with two attached hydrogens (primary N) is 1. The lowest BCUT2D eigenvalue weighted by Gasteiger charge is -2.14. The minimum Gasteiger partial charge on any atom is -0.271 e. The molecule has 0 aliphatic heterocycles. The average Bonchev–Trinajstić information content (AvgIpc) is 2.14. The van der Waals surface area contributed by atoms with Crippen molar-refractivity contribution in [1.82, 2.24) is 5.43 Å². The zero-order chi connectivity index (χ0) is 9.84. The molecule has 0 saturated heterocycles. The van der Waals surface area contributed by atoms with Gasteiger partial charge in [0.25, 0.3) is 0 Å². The summed E-state index contributed by atoms with van der Waals surface area (Å²) >= 11 is 3.13. The Morgan fingerprint density at radius 3 is 2.85 bits per heavy atom. The second kappa shape index (κ2) is 4.69. The summed E-state index contributed by atoms with van der Waals surface area (Å²) in [4.78, 5) is 0. The summed E-state index contributed by atoms with van der Waals surface area (Å²) in [5.41, 5.74) is 3.17. The van der Waals surface area contributed by atoms with Crippen molar-refractivity contribution in [2.75, 3.05) is 0 Å². The molecule has 2 nitrogen and oxygen atoms in total. The van der Waals surface area contributed by atoms with E-state index in [-0.39, 0.29) is 11.9 Å². The van der Waals surface area contributed by atoms with Crippen molar-refractivity contribution >= 4 is 15.9 Å². The van der Waals surface area contributed by atoms with Crippen molar-refractivity contribution in [2.45, 2.75) is 19.4 Å². The van der Waals surface area contributed by atoms with Crippen LogP contribution in [0.15, 0.2) is 22.7 Å². The van der Waals surface area contributed by atoms with Crippen molar-refractivity contribution in [3.05, 3.63) is 34.1 Å². The van der Waals surface area contributed by atoms with Gasteiger partial charge in [0.2, 0.25) is 0 Å². The zero-order valence-corrected chi connectivity index (χ0v) is 8.94. The number of hydrazine groups is 1. The highest BCUT2D eigenvalue weighted by Crippen LogP contribution is 2.24. The van der Waals surface area contributed by atoms with Crippen LogP contribution in [0.3, 0.4) is 0 Å². The van der Waals surface area contributed by atoms with Gasteiger partial charge in [-0.3, -0.25) is 11.3 Å². The minimum atomic E-state index is -0.243. The van der Waals surface area contributed by atoms with Gasteiger partial charge in [0.05, 0.1) is 4.47 Å². The van der Waals surface area contributed by atoms with E-state index in [1.165, 1.54) is 0 Å². The van der Waals surface area contributed by atoms with Gasteiger partial charge in [-0.05, 0) is 28.4 Å². The monoisotopic (exact) mass is 246 g/mol. The number of benzene rings is 1. The fourth-order valence-corrected chi connectivity index (χ4v) is 1.60. The Balaban J connectivity index is 3.05. The quantitative estimate of drug-likeness (QED) is 0.636. The molecule has 3 N–H and O–H groups in total. The third-order valence-corrected chi connectivity index (χ3v) is 2.58. The van der Waals surface area contributed by atoms with E-state index in [0.717, 1.165) is 6.42 Å². The molecule has 13 heavy (non-hydrogen) atoms. The smallest absolute Gasteiger partial charge is 0.142 e. The molecule has 1 unspecified atom stereocenters. The van der Waals surface area contributed by atoms with E-state index in [0.29, 0.717) is 10.0 Å². The van der Waals surface area contributed by atoms with Crippen LogP contribution in [0.5, 0.6) is 0 Å². The lowest BCUT2D eigenvalue weighted by molar-refractivity contribution is 0.499. The average molecular weight is 247 g/mol. The maximum Gasteiger partial charge on any atom is 0.142 e. The predicted molar refractivity (Wildman–Crippen MR) is 54.5 cm³/mol. The third-order valence-electron chi connectivity index (χ3n) is 1.97. The maximum absolute atomic E-state index is 13.5. The van der Waals surface area contributed by atoms with Crippen LogP contribution in [-0.4, -0.2) is 0 Å². The standard InChI is InChI=1S/C9H12BrFN2/c1-2-8(13-12)6-4-3-5-7(10)9(6)11/h3-5,8,13H,2,12H2,1H3. The van der Waals surface area contributed by atoms with E-state index in [2.05, 4.69) is 21.4 Å². The molecule has 0 aromatic heterocycles. The molecular formula is C9H12BrFN2. The molecule has 1 atom stereocenters. The normalized spacial score (nSPS) is 12.9. The Morgan fingerprint density at radius 1 is 1.62 bits per heavy atom. The molecule has 0 fully saturated rings. The largest absolute Gasteiger partial charge is 0.271 e. The van der Waals surface area contributed by atoms with E-state index in [1.54, 1.807) is 18.2 Å². The highest BCUT2D eigenvalue weighted by molar-refractivity contribution is 9.10. The first-order chi connectivity index (χ1) is 6.20. The first-order valence-electron chi connectivity index (χ1n) is 4.10. The summed E-state index contributed by atoms with van der Waals surface area (Å²) in [6, 6.07) is 5.07. The third kappa shape index (κ3) is 2.27. The summed E-state index contributed by atoms with van der Waals surface area (Å²) < 4.78 is 14.0. The Hall–Kier alpha value is -0.450. The van der Waals surface area contributed by atoms with Crippen LogP contribution in [0.4, 0.5) is 4.39 Å². The van der Waals surface area contributed by atoms with Crippen molar-refractivity contribution in [2.24, 2.45) is 5.84 Å². The van der Waals surface area contributed by atoms with Gasteiger partial charge < -0.3 is 0 Å². The number of halogens is 2. The lowest BCUT2D eigenvalue weighted by atomic mass is 10.1. The summed E-state index contributed by atoms with van der Waals surface area (Å²) in [6.07, 6.45) is 0.754. The summed E-state index contributed by atoms with van der Waals surface area (Å²) in [5.74, 6) is 5.06. The van der Waals surface area contributed by atoms with E-state index in [1.807, 2.05) is 6.92 Å². The van der Waals surface area contributed by atoms with Gasteiger partial charge in [-0.25, -0.2) is 4.39 Å². The second-order valence-electron chi connectivity index (χ2n) is 2.77. The van der Waals surface area contributed by atoms with Gasteiger partial charge in [-0.1, -0.05) is 19.1 Å². The van der Waals surface area contributed by atoms with E-state index in [9.17, 15) is 4.39 Å². The lowest BCUT2D eigenvalue weighted by Crippen LogP contribution is -2.28. The first-order valence-corrected chi connectivity index (χ1v) is 4.90. The van der Waals surface area contributed by atoms with Gasteiger partial charge in [-0.2, -0.15) is 0 Å². The van der Waals surface area contributed by atoms with Crippen LogP contribution in [0.1, 0.15) is 24.9 Å².